The van der Waals surface area contributed by atoms with Gasteiger partial charge in [-0.15, -0.1) is 0 Å². The van der Waals surface area contributed by atoms with Crippen molar-refractivity contribution >= 4 is 10.0 Å². The molecule has 116 valence electrons. The molecule has 0 aromatic heterocycles. The van der Waals surface area contributed by atoms with Gasteiger partial charge in [0.05, 0.1) is 6.54 Å². The molecule has 1 heterocycles. The first kappa shape index (κ1) is 18.6. The molecule has 1 fully saturated rings. The van der Waals surface area contributed by atoms with Crippen LogP contribution in [0.25, 0.3) is 0 Å². The fraction of sp³-hybridized carbons (Fsp3) is 1.00. The van der Waals surface area contributed by atoms with Crippen molar-refractivity contribution < 1.29 is 26.0 Å². The van der Waals surface area contributed by atoms with E-state index in [0.29, 0.717) is 0 Å². The fourth-order valence-corrected chi connectivity index (χ4v) is 2.84. The Hall–Kier alpha value is -0.370. The monoisotopic (exact) mass is 307 g/mol. The first-order valence-electron chi connectivity index (χ1n) is 6.21. The highest BCUT2D eigenvalue weighted by atomic mass is 32.2. The highest BCUT2D eigenvalue weighted by Crippen LogP contribution is 2.36. The van der Waals surface area contributed by atoms with Crippen molar-refractivity contribution in [1.29, 1.82) is 0 Å². The van der Waals surface area contributed by atoms with Gasteiger partial charge in [0, 0.05) is 13.0 Å². The standard InChI is InChI=1S/C9H15F4NO2S.C2H6/c1-6(2)7-3-9(12,13)5-14(4-7)17(15,16)8(10)11;1-2/h6-8H,3-5H2,1-2H3;1-2H3. The van der Waals surface area contributed by atoms with E-state index < -0.39 is 40.6 Å². The maximum atomic E-state index is 13.3. The van der Waals surface area contributed by atoms with Gasteiger partial charge < -0.3 is 0 Å². The molecular formula is C11H21F4NO2S. The summed E-state index contributed by atoms with van der Waals surface area (Å²) in [6.07, 6.45) is -0.458. The lowest BCUT2D eigenvalue weighted by Gasteiger charge is -2.38. The van der Waals surface area contributed by atoms with Crippen LogP contribution in [-0.2, 0) is 10.0 Å². The van der Waals surface area contributed by atoms with E-state index in [1.54, 1.807) is 13.8 Å². The lowest BCUT2D eigenvalue weighted by molar-refractivity contribution is -0.0716. The summed E-state index contributed by atoms with van der Waals surface area (Å²) in [5, 5.41) is 0. The topological polar surface area (TPSA) is 37.4 Å². The van der Waals surface area contributed by atoms with Gasteiger partial charge in [-0.3, -0.25) is 0 Å². The minimum atomic E-state index is -4.92. The Kier molecular flexibility index (Phi) is 6.74. The quantitative estimate of drug-likeness (QED) is 0.751. The zero-order chi connectivity index (χ0) is 15.4. The second-order valence-electron chi connectivity index (χ2n) is 4.66. The molecule has 0 aliphatic carbocycles. The summed E-state index contributed by atoms with van der Waals surface area (Å²) in [5.41, 5.74) is 0. The average molecular weight is 307 g/mol. The van der Waals surface area contributed by atoms with Gasteiger partial charge >= 0.3 is 5.76 Å². The third kappa shape index (κ3) is 4.91. The summed E-state index contributed by atoms with van der Waals surface area (Å²) in [5.74, 6) is -7.68. The van der Waals surface area contributed by atoms with Crippen LogP contribution in [0, 0.1) is 11.8 Å². The Bertz CT molecular complexity index is 371. The molecule has 0 aromatic carbocycles. The first-order valence-corrected chi connectivity index (χ1v) is 7.71. The van der Waals surface area contributed by atoms with Gasteiger partial charge in [0.1, 0.15) is 0 Å². The molecule has 1 rings (SSSR count). The SMILES string of the molecule is CC.CC(C)C1CN(S(=O)(=O)C(F)F)CC(F)(F)C1. The average Bonchev–Trinajstić information content (AvgIpc) is 2.29. The van der Waals surface area contributed by atoms with Crippen LogP contribution in [-0.4, -0.2) is 37.5 Å². The summed E-state index contributed by atoms with van der Waals surface area (Å²) in [6.45, 7) is 5.92. The van der Waals surface area contributed by atoms with E-state index >= 15 is 0 Å². The van der Waals surface area contributed by atoms with Crippen molar-refractivity contribution in [2.24, 2.45) is 11.8 Å². The van der Waals surface area contributed by atoms with Gasteiger partial charge in [0.25, 0.3) is 15.9 Å². The van der Waals surface area contributed by atoms with Crippen LogP contribution in [0.15, 0.2) is 0 Å². The number of piperidine rings is 1. The van der Waals surface area contributed by atoms with Crippen molar-refractivity contribution in [2.45, 2.75) is 45.8 Å². The lowest BCUT2D eigenvalue weighted by Crippen LogP contribution is -2.51. The van der Waals surface area contributed by atoms with Gasteiger partial charge in [-0.2, -0.15) is 13.1 Å². The van der Waals surface area contributed by atoms with Crippen LogP contribution < -0.4 is 0 Å². The zero-order valence-electron chi connectivity index (χ0n) is 11.5. The van der Waals surface area contributed by atoms with Crippen LogP contribution in [0.4, 0.5) is 17.6 Å². The Morgan fingerprint density at radius 2 is 1.68 bits per heavy atom. The highest BCUT2D eigenvalue weighted by molar-refractivity contribution is 7.89. The molecule has 1 unspecified atom stereocenters. The molecule has 1 saturated heterocycles. The molecule has 8 heteroatoms. The predicted octanol–water partition coefficient (Wildman–Crippen LogP) is 3.18. The minimum absolute atomic E-state index is 0.184. The number of rotatable bonds is 3. The summed E-state index contributed by atoms with van der Waals surface area (Å²) in [6, 6.07) is 0. The van der Waals surface area contributed by atoms with Crippen LogP contribution in [0.5, 0.6) is 0 Å². The highest BCUT2D eigenvalue weighted by Gasteiger charge is 2.47. The minimum Gasteiger partial charge on any atom is -0.206 e. The van der Waals surface area contributed by atoms with Gasteiger partial charge in [-0.05, 0) is 11.8 Å². The maximum Gasteiger partial charge on any atom is 0.350 e. The van der Waals surface area contributed by atoms with E-state index in [4.69, 9.17) is 0 Å². The number of sulfonamides is 1. The Labute approximate surface area is 112 Å². The van der Waals surface area contributed by atoms with E-state index in [0.717, 1.165) is 0 Å². The summed E-state index contributed by atoms with van der Waals surface area (Å²) in [7, 11) is -4.92. The molecule has 1 aliphatic rings. The van der Waals surface area contributed by atoms with Gasteiger partial charge in [0.15, 0.2) is 0 Å². The number of hydrogen-bond acceptors (Lipinski definition) is 2. The van der Waals surface area contributed by atoms with Gasteiger partial charge in [-0.25, -0.2) is 17.2 Å². The molecule has 0 aromatic rings. The number of nitrogens with zero attached hydrogens (tertiary/aromatic N) is 1. The fourth-order valence-electron chi connectivity index (χ4n) is 1.85. The second kappa shape index (κ2) is 6.88. The Balaban J connectivity index is 0.00000154. The van der Waals surface area contributed by atoms with Crippen LogP contribution in [0.2, 0.25) is 0 Å². The molecule has 0 bridgehead atoms. The molecule has 0 spiro atoms. The van der Waals surface area contributed by atoms with E-state index in [2.05, 4.69) is 0 Å². The summed E-state index contributed by atoms with van der Waals surface area (Å²) in [4.78, 5) is 0. The normalized spacial score (nSPS) is 24.2. The largest absolute Gasteiger partial charge is 0.350 e. The molecule has 19 heavy (non-hydrogen) atoms. The van der Waals surface area contributed by atoms with Crippen LogP contribution >= 0.6 is 0 Å². The summed E-state index contributed by atoms with van der Waals surface area (Å²) < 4.78 is 73.8. The third-order valence-electron chi connectivity index (χ3n) is 2.93. The molecule has 0 N–H and O–H groups in total. The maximum absolute atomic E-state index is 13.3. The predicted molar refractivity (Wildman–Crippen MR) is 65.7 cm³/mol. The van der Waals surface area contributed by atoms with Crippen molar-refractivity contribution in [3.05, 3.63) is 0 Å². The number of hydrogen-bond donors (Lipinski definition) is 0. The lowest BCUT2D eigenvalue weighted by atomic mass is 9.87. The van der Waals surface area contributed by atoms with E-state index in [1.807, 2.05) is 13.8 Å². The van der Waals surface area contributed by atoms with Crippen molar-refractivity contribution in [3.8, 4) is 0 Å². The number of alkyl halides is 4. The Morgan fingerprint density at radius 1 is 1.21 bits per heavy atom. The molecule has 0 radical (unpaired) electrons. The van der Waals surface area contributed by atoms with Crippen LogP contribution in [0.1, 0.15) is 34.1 Å². The smallest absolute Gasteiger partial charge is 0.206 e. The molecule has 1 aliphatic heterocycles. The summed E-state index contributed by atoms with van der Waals surface area (Å²) >= 11 is 0. The second-order valence-corrected chi connectivity index (χ2v) is 6.56. The molecule has 3 nitrogen and oxygen atoms in total. The van der Waals surface area contributed by atoms with Crippen molar-refractivity contribution in [1.82, 2.24) is 4.31 Å². The molecule has 1 atom stereocenters. The van der Waals surface area contributed by atoms with E-state index in [-0.39, 0.29) is 16.8 Å². The molecular weight excluding hydrogens is 286 g/mol. The first-order chi connectivity index (χ1) is 8.56. The van der Waals surface area contributed by atoms with E-state index in [1.165, 1.54) is 0 Å². The number of halogens is 4. The molecule has 0 amide bonds. The van der Waals surface area contributed by atoms with Gasteiger partial charge in [0.2, 0.25) is 0 Å². The zero-order valence-corrected chi connectivity index (χ0v) is 12.4. The van der Waals surface area contributed by atoms with Crippen molar-refractivity contribution in [2.75, 3.05) is 13.1 Å². The Morgan fingerprint density at radius 3 is 2.05 bits per heavy atom. The van der Waals surface area contributed by atoms with Gasteiger partial charge in [-0.1, -0.05) is 27.7 Å². The van der Waals surface area contributed by atoms with Crippen LogP contribution in [0.3, 0.4) is 0 Å². The third-order valence-corrected chi connectivity index (χ3v) is 4.38. The molecule has 0 saturated carbocycles. The van der Waals surface area contributed by atoms with Crippen molar-refractivity contribution in [3.63, 3.8) is 0 Å². The van der Waals surface area contributed by atoms with E-state index in [9.17, 15) is 26.0 Å².